The number of nitrogens with zero attached hydrogens (tertiary/aromatic N) is 1. The molecule has 1 fully saturated rings. The van der Waals surface area contributed by atoms with Crippen molar-refractivity contribution < 1.29 is 0 Å². The van der Waals surface area contributed by atoms with Crippen LogP contribution >= 0.6 is 11.3 Å². The predicted molar refractivity (Wildman–Crippen MR) is 64.6 cm³/mol. The molecule has 2 aromatic rings. The summed E-state index contributed by atoms with van der Waals surface area (Å²) in [4.78, 5) is 4.73. The molecule has 78 valence electrons. The smallest absolute Gasteiger partial charge is 0.0982 e. The first-order valence-corrected chi connectivity index (χ1v) is 6.22. The first-order chi connectivity index (χ1) is 7.33. The van der Waals surface area contributed by atoms with Crippen molar-refractivity contribution in [3.05, 3.63) is 28.8 Å². The molecule has 15 heavy (non-hydrogen) atoms. The van der Waals surface area contributed by atoms with E-state index in [0.29, 0.717) is 5.92 Å². The van der Waals surface area contributed by atoms with E-state index < -0.39 is 0 Å². The lowest BCUT2D eigenvalue weighted by atomic mass is 10.1. The van der Waals surface area contributed by atoms with Crippen LogP contribution in [0.5, 0.6) is 0 Å². The van der Waals surface area contributed by atoms with Crippen molar-refractivity contribution in [2.75, 3.05) is 13.1 Å². The Labute approximate surface area is 93.3 Å². The fourth-order valence-electron chi connectivity index (χ4n) is 2.10. The number of aryl methyl sites for hydroxylation is 1. The normalized spacial score (nSPS) is 21.3. The van der Waals surface area contributed by atoms with E-state index in [1.165, 1.54) is 27.2 Å². The molecule has 1 atom stereocenters. The molecule has 1 unspecified atom stereocenters. The van der Waals surface area contributed by atoms with Crippen LogP contribution in [0.25, 0.3) is 10.2 Å². The topological polar surface area (TPSA) is 24.9 Å². The Balaban J connectivity index is 2.05. The fourth-order valence-corrected chi connectivity index (χ4v) is 3.18. The van der Waals surface area contributed by atoms with E-state index in [9.17, 15) is 0 Å². The van der Waals surface area contributed by atoms with Gasteiger partial charge in [0.1, 0.15) is 0 Å². The van der Waals surface area contributed by atoms with Gasteiger partial charge in [-0.05, 0) is 37.6 Å². The van der Waals surface area contributed by atoms with Crippen molar-refractivity contribution in [1.82, 2.24) is 10.3 Å². The first kappa shape index (κ1) is 9.31. The molecule has 1 N–H and O–H groups in total. The molecule has 3 rings (SSSR count). The van der Waals surface area contributed by atoms with Gasteiger partial charge >= 0.3 is 0 Å². The van der Waals surface area contributed by atoms with E-state index in [0.717, 1.165) is 13.1 Å². The van der Waals surface area contributed by atoms with Crippen LogP contribution in [0.15, 0.2) is 18.2 Å². The standard InChI is InChI=1S/C12H14N2S/c1-8-2-3-11-10(6-8)14-12(15-11)9-4-5-13-7-9/h2-3,6,9,13H,4-5,7H2,1H3. The van der Waals surface area contributed by atoms with E-state index in [1.54, 1.807) is 0 Å². The number of thiazole rings is 1. The van der Waals surface area contributed by atoms with Crippen molar-refractivity contribution in [2.24, 2.45) is 0 Å². The zero-order valence-corrected chi connectivity index (χ0v) is 9.60. The summed E-state index contributed by atoms with van der Waals surface area (Å²) in [6, 6.07) is 6.53. The molecule has 1 aromatic heterocycles. The Kier molecular flexibility index (Phi) is 2.22. The monoisotopic (exact) mass is 218 g/mol. The highest BCUT2D eigenvalue weighted by atomic mass is 32.1. The fraction of sp³-hybridized carbons (Fsp3) is 0.417. The van der Waals surface area contributed by atoms with Crippen LogP contribution in [0.3, 0.4) is 0 Å². The summed E-state index contributed by atoms with van der Waals surface area (Å²) in [7, 11) is 0. The number of fused-ring (bicyclic) bond motifs is 1. The maximum atomic E-state index is 4.73. The van der Waals surface area contributed by atoms with E-state index >= 15 is 0 Å². The van der Waals surface area contributed by atoms with Crippen LogP contribution in [0.2, 0.25) is 0 Å². The summed E-state index contributed by atoms with van der Waals surface area (Å²) in [5.41, 5.74) is 2.46. The Morgan fingerprint density at radius 3 is 3.20 bits per heavy atom. The molecule has 2 nitrogen and oxygen atoms in total. The van der Waals surface area contributed by atoms with Gasteiger partial charge in [0.2, 0.25) is 0 Å². The second-order valence-electron chi connectivity index (χ2n) is 4.21. The first-order valence-electron chi connectivity index (χ1n) is 5.41. The molecule has 0 bridgehead atoms. The summed E-state index contributed by atoms with van der Waals surface area (Å²) >= 11 is 1.85. The Morgan fingerprint density at radius 2 is 2.40 bits per heavy atom. The quantitative estimate of drug-likeness (QED) is 0.796. The molecule has 1 aliphatic heterocycles. The van der Waals surface area contributed by atoms with Gasteiger partial charge < -0.3 is 5.32 Å². The number of aromatic nitrogens is 1. The van der Waals surface area contributed by atoms with E-state index in [1.807, 2.05) is 11.3 Å². The molecule has 0 spiro atoms. The molecule has 0 radical (unpaired) electrons. The third-order valence-electron chi connectivity index (χ3n) is 2.97. The lowest BCUT2D eigenvalue weighted by Crippen LogP contribution is -2.07. The lowest BCUT2D eigenvalue weighted by Gasteiger charge is -2.00. The number of rotatable bonds is 1. The van der Waals surface area contributed by atoms with Gasteiger partial charge in [0.25, 0.3) is 0 Å². The molecule has 0 aliphatic carbocycles. The zero-order valence-electron chi connectivity index (χ0n) is 8.79. The summed E-state index contributed by atoms with van der Waals surface area (Å²) < 4.78 is 1.32. The van der Waals surface area contributed by atoms with Crippen molar-refractivity contribution in [2.45, 2.75) is 19.3 Å². The Hall–Kier alpha value is -0.930. The molecule has 2 heterocycles. The SMILES string of the molecule is Cc1ccc2sc(C3CCNC3)nc2c1. The minimum absolute atomic E-state index is 0.641. The van der Waals surface area contributed by atoms with Crippen LogP contribution in [-0.2, 0) is 0 Å². The molecule has 0 amide bonds. The summed E-state index contributed by atoms with van der Waals surface area (Å²) in [6.07, 6.45) is 1.23. The Morgan fingerprint density at radius 1 is 1.47 bits per heavy atom. The van der Waals surface area contributed by atoms with Crippen molar-refractivity contribution in [3.63, 3.8) is 0 Å². The van der Waals surface area contributed by atoms with E-state index in [2.05, 4.69) is 30.4 Å². The third-order valence-corrected chi connectivity index (χ3v) is 4.17. The molecular weight excluding hydrogens is 204 g/mol. The maximum absolute atomic E-state index is 4.73. The maximum Gasteiger partial charge on any atom is 0.0982 e. The average Bonchev–Trinajstić information content (AvgIpc) is 2.84. The van der Waals surface area contributed by atoms with Crippen molar-refractivity contribution in [3.8, 4) is 0 Å². The van der Waals surface area contributed by atoms with Gasteiger partial charge in [0.15, 0.2) is 0 Å². The Bertz CT molecular complexity index is 483. The second kappa shape index (κ2) is 3.58. The van der Waals surface area contributed by atoms with Crippen molar-refractivity contribution >= 4 is 21.6 Å². The summed E-state index contributed by atoms with van der Waals surface area (Å²) in [6.45, 7) is 4.36. The highest BCUT2D eigenvalue weighted by molar-refractivity contribution is 7.18. The van der Waals surface area contributed by atoms with Crippen molar-refractivity contribution in [1.29, 1.82) is 0 Å². The predicted octanol–water partition coefficient (Wildman–Crippen LogP) is 2.68. The lowest BCUT2D eigenvalue weighted by molar-refractivity contribution is 0.758. The van der Waals surface area contributed by atoms with Crippen LogP contribution < -0.4 is 5.32 Å². The second-order valence-corrected chi connectivity index (χ2v) is 5.28. The highest BCUT2D eigenvalue weighted by Gasteiger charge is 2.20. The van der Waals surface area contributed by atoms with Gasteiger partial charge in [0.05, 0.1) is 15.2 Å². The number of nitrogens with one attached hydrogen (secondary N) is 1. The molecule has 1 aliphatic rings. The van der Waals surface area contributed by atoms with E-state index in [4.69, 9.17) is 4.98 Å². The van der Waals surface area contributed by atoms with Crippen LogP contribution in [0.1, 0.15) is 22.9 Å². The average molecular weight is 218 g/mol. The third kappa shape index (κ3) is 1.66. The summed E-state index contributed by atoms with van der Waals surface area (Å²) in [5, 5.41) is 4.70. The minimum Gasteiger partial charge on any atom is -0.316 e. The van der Waals surface area contributed by atoms with Crippen LogP contribution in [0, 0.1) is 6.92 Å². The van der Waals surface area contributed by atoms with E-state index in [-0.39, 0.29) is 0 Å². The van der Waals surface area contributed by atoms with Gasteiger partial charge in [-0.1, -0.05) is 6.07 Å². The van der Waals surface area contributed by atoms with Gasteiger partial charge in [-0.2, -0.15) is 0 Å². The number of benzene rings is 1. The molecule has 0 saturated carbocycles. The molecular formula is C12H14N2S. The minimum atomic E-state index is 0.641. The number of hydrogen-bond donors (Lipinski definition) is 1. The van der Waals surface area contributed by atoms with Gasteiger partial charge in [-0.3, -0.25) is 0 Å². The van der Waals surface area contributed by atoms with Gasteiger partial charge in [-0.25, -0.2) is 4.98 Å². The van der Waals surface area contributed by atoms with Crippen LogP contribution in [-0.4, -0.2) is 18.1 Å². The van der Waals surface area contributed by atoms with Gasteiger partial charge in [-0.15, -0.1) is 11.3 Å². The molecule has 3 heteroatoms. The molecule has 1 aromatic carbocycles. The molecule has 1 saturated heterocycles. The summed E-state index contributed by atoms with van der Waals surface area (Å²) in [5.74, 6) is 0.641. The van der Waals surface area contributed by atoms with Gasteiger partial charge in [0, 0.05) is 12.5 Å². The highest BCUT2D eigenvalue weighted by Crippen LogP contribution is 2.30. The number of hydrogen-bond acceptors (Lipinski definition) is 3. The zero-order chi connectivity index (χ0) is 10.3. The van der Waals surface area contributed by atoms with Crippen LogP contribution in [0.4, 0.5) is 0 Å². The largest absolute Gasteiger partial charge is 0.316 e.